The highest BCUT2D eigenvalue weighted by Gasteiger charge is 2.42. The van der Waals surface area contributed by atoms with E-state index in [1.807, 2.05) is 0 Å². The lowest BCUT2D eigenvalue weighted by atomic mass is 9.58. The number of aliphatic carboxylic acids is 1. The minimum atomic E-state index is -0.966. The van der Waals surface area contributed by atoms with E-state index in [0.717, 1.165) is 24.7 Å². The van der Waals surface area contributed by atoms with Gasteiger partial charge in [-0.05, 0) is 67.2 Å². The molecule has 0 aromatic heterocycles. The monoisotopic (exact) mass is 462 g/mol. The molecule has 1 amide bonds. The number of hydrogen-bond acceptors (Lipinski definition) is 4. The van der Waals surface area contributed by atoms with Crippen molar-refractivity contribution >= 4 is 46.1 Å². The van der Waals surface area contributed by atoms with Crippen LogP contribution in [0.4, 0.5) is 5.69 Å². The van der Waals surface area contributed by atoms with Crippen molar-refractivity contribution in [3.63, 3.8) is 0 Å². The molecule has 1 heterocycles. The first-order valence-electron chi connectivity index (χ1n) is 11.4. The number of hydrogen-bond donors (Lipinski definition) is 1. The Labute approximate surface area is 193 Å². The van der Waals surface area contributed by atoms with Crippen LogP contribution in [0.2, 0.25) is 5.02 Å². The summed E-state index contributed by atoms with van der Waals surface area (Å²) in [5, 5.41) is 9.82. The standard InChI is InChI=1S/C24H31ClN2O3S/c1-2-24(14-16-4-3-5-17(12-16)15-24)10-11-27-21(28)13-20(22(29)30)31-23(27)26-19-8-6-18(25)7-9-19/h6-9,16-17,20H,2-5,10-15H2,1H3,(H,29,30). The lowest BCUT2D eigenvalue weighted by molar-refractivity contribution is -0.139. The minimum Gasteiger partial charge on any atom is -0.480 e. The van der Waals surface area contributed by atoms with Gasteiger partial charge in [0.15, 0.2) is 5.17 Å². The number of carbonyl (C=O) groups excluding carboxylic acids is 1. The molecule has 1 aromatic rings. The smallest absolute Gasteiger partial charge is 0.317 e. The molecule has 31 heavy (non-hydrogen) atoms. The molecule has 0 spiro atoms. The van der Waals surface area contributed by atoms with Crippen LogP contribution in [0.5, 0.6) is 0 Å². The Kier molecular flexibility index (Phi) is 6.97. The van der Waals surface area contributed by atoms with Crippen molar-refractivity contribution in [3.8, 4) is 0 Å². The van der Waals surface area contributed by atoms with Gasteiger partial charge in [-0.3, -0.25) is 14.5 Å². The van der Waals surface area contributed by atoms with E-state index >= 15 is 0 Å². The third kappa shape index (κ3) is 5.28. The van der Waals surface area contributed by atoms with Crippen LogP contribution in [0.1, 0.15) is 64.7 Å². The molecule has 7 heteroatoms. The molecular weight excluding hydrogens is 432 g/mol. The van der Waals surface area contributed by atoms with Gasteiger partial charge in [0, 0.05) is 11.6 Å². The summed E-state index contributed by atoms with van der Waals surface area (Å²) in [4.78, 5) is 31.0. The third-order valence-electron chi connectivity index (χ3n) is 7.42. The Hall–Kier alpha value is -1.53. The number of aliphatic imine (C=N–C) groups is 1. The molecule has 2 bridgehead atoms. The third-order valence-corrected chi connectivity index (χ3v) is 8.84. The lowest BCUT2D eigenvalue weighted by Gasteiger charge is -2.48. The highest BCUT2D eigenvalue weighted by molar-refractivity contribution is 8.15. The number of thioether (sulfide) groups is 1. The topological polar surface area (TPSA) is 70.0 Å². The highest BCUT2D eigenvalue weighted by Crippen LogP contribution is 2.52. The van der Waals surface area contributed by atoms with Crippen molar-refractivity contribution in [1.29, 1.82) is 0 Å². The maximum Gasteiger partial charge on any atom is 0.317 e. The van der Waals surface area contributed by atoms with Gasteiger partial charge in [0.25, 0.3) is 0 Å². The van der Waals surface area contributed by atoms with E-state index in [1.165, 1.54) is 50.3 Å². The van der Waals surface area contributed by atoms with Gasteiger partial charge in [-0.1, -0.05) is 56.0 Å². The Balaban J connectivity index is 1.54. The fourth-order valence-electron chi connectivity index (χ4n) is 5.78. The van der Waals surface area contributed by atoms with Gasteiger partial charge >= 0.3 is 5.97 Å². The Morgan fingerprint density at radius 1 is 1.26 bits per heavy atom. The number of amidine groups is 1. The number of amides is 1. The van der Waals surface area contributed by atoms with Crippen LogP contribution in [0.3, 0.4) is 0 Å². The number of nitrogens with zero attached hydrogens (tertiary/aromatic N) is 2. The van der Waals surface area contributed by atoms with Crippen LogP contribution in [-0.4, -0.2) is 38.8 Å². The molecule has 2 saturated carbocycles. The molecule has 3 atom stereocenters. The zero-order valence-electron chi connectivity index (χ0n) is 18.1. The minimum absolute atomic E-state index is 0.0179. The molecule has 1 aromatic carbocycles. The molecule has 1 saturated heterocycles. The summed E-state index contributed by atoms with van der Waals surface area (Å²) in [7, 11) is 0. The van der Waals surface area contributed by atoms with Gasteiger partial charge < -0.3 is 5.11 Å². The quantitative estimate of drug-likeness (QED) is 0.551. The summed E-state index contributed by atoms with van der Waals surface area (Å²) in [6.07, 6.45) is 10.1. The molecular formula is C24H31ClN2O3S. The second-order valence-electron chi connectivity index (χ2n) is 9.48. The highest BCUT2D eigenvalue weighted by atomic mass is 35.5. The summed E-state index contributed by atoms with van der Waals surface area (Å²) in [6.45, 7) is 2.90. The van der Waals surface area contributed by atoms with Crippen LogP contribution in [0.15, 0.2) is 29.3 Å². The summed E-state index contributed by atoms with van der Waals surface area (Å²) in [5.41, 5.74) is 0.960. The first kappa shape index (κ1) is 22.7. The molecule has 2 aliphatic carbocycles. The SMILES string of the molecule is CCC1(CCN2C(=O)CC(C(=O)O)SC2=Nc2ccc(Cl)cc2)CC2CCCC(C2)C1. The fourth-order valence-corrected chi connectivity index (χ4v) is 6.96. The van der Waals surface area contributed by atoms with Gasteiger partial charge in [-0.15, -0.1) is 0 Å². The van der Waals surface area contributed by atoms with E-state index in [4.69, 9.17) is 11.6 Å². The fraction of sp³-hybridized carbons (Fsp3) is 0.625. The number of carbonyl (C=O) groups is 2. The largest absolute Gasteiger partial charge is 0.480 e. The van der Waals surface area contributed by atoms with E-state index in [-0.39, 0.29) is 17.7 Å². The molecule has 168 valence electrons. The van der Waals surface area contributed by atoms with Gasteiger partial charge in [-0.25, -0.2) is 4.99 Å². The van der Waals surface area contributed by atoms with Crippen molar-refractivity contribution < 1.29 is 14.7 Å². The van der Waals surface area contributed by atoms with Gasteiger partial charge in [0.1, 0.15) is 5.25 Å². The van der Waals surface area contributed by atoms with E-state index < -0.39 is 11.2 Å². The Morgan fingerprint density at radius 2 is 1.94 bits per heavy atom. The van der Waals surface area contributed by atoms with Gasteiger partial charge in [0.05, 0.1) is 12.1 Å². The Morgan fingerprint density at radius 3 is 2.55 bits per heavy atom. The van der Waals surface area contributed by atoms with E-state index in [9.17, 15) is 14.7 Å². The summed E-state index contributed by atoms with van der Waals surface area (Å²) in [5.74, 6) is 0.558. The molecule has 3 aliphatic rings. The number of benzene rings is 1. The van der Waals surface area contributed by atoms with E-state index in [0.29, 0.717) is 22.4 Å². The van der Waals surface area contributed by atoms with Crippen molar-refractivity contribution in [3.05, 3.63) is 29.3 Å². The molecule has 0 radical (unpaired) electrons. The summed E-state index contributed by atoms with van der Waals surface area (Å²) >= 11 is 7.17. The normalized spacial score (nSPS) is 32.3. The van der Waals surface area contributed by atoms with Crippen LogP contribution in [0, 0.1) is 17.3 Å². The van der Waals surface area contributed by atoms with E-state index in [2.05, 4.69) is 11.9 Å². The van der Waals surface area contributed by atoms with Crippen LogP contribution < -0.4 is 0 Å². The molecule has 4 rings (SSSR count). The van der Waals surface area contributed by atoms with E-state index in [1.54, 1.807) is 29.2 Å². The van der Waals surface area contributed by atoms with Crippen molar-refractivity contribution in [1.82, 2.24) is 4.90 Å². The van der Waals surface area contributed by atoms with Crippen LogP contribution in [0.25, 0.3) is 0 Å². The molecule has 3 unspecified atom stereocenters. The molecule has 3 fully saturated rings. The first-order valence-corrected chi connectivity index (χ1v) is 12.7. The molecule has 1 aliphatic heterocycles. The van der Waals surface area contributed by atoms with Crippen molar-refractivity contribution in [2.45, 2.75) is 70.0 Å². The number of halogens is 1. The first-order chi connectivity index (χ1) is 14.9. The van der Waals surface area contributed by atoms with Crippen molar-refractivity contribution in [2.75, 3.05) is 6.54 Å². The van der Waals surface area contributed by atoms with Gasteiger partial charge in [-0.2, -0.15) is 0 Å². The number of carboxylic acids is 1. The number of rotatable bonds is 6. The van der Waals surface area contributed by atoms with Crippen LogP contribution in [-0.2, 0) is 9.59 Å². The average molecular weight is 463 g/mol. The predicted molar refractivity (Wildman–Crippen MR) is 126 cm³/mol. The Bertz CT molecular complexity index is 845. The maximum atomic E-state index is 13.0. The zero-order valence-corrected chi connectivity index (χ0v) is 19.6. The second-order valence-corrected chi connectivity index (χ2v) is 11.1. The maximum absolute atomic E-state index is 13.0. The van der Waals surface area contributed by atoms with Crippen molar-refractivity contribution in [2.24, 2.45) is 22.2 Å². The van der Waals surface area contributed by atoms with Gasteiger partial charge in [0.2, 0.25) is 5.91 Å². The number of carboxylic acid groups (broad SMARTS) is 1. The zero-order chi connectivity index (χ0) is 22.0. The summed E-state index contributed by atoms with van der Waals surface area (Å²) < 4.78 is 0. The molecule has 5 nitrogen and oxygen atoms in total. The summed E-state index contributed by atoms with van der Waals surface area (Å²) in [6, 6.07) is 7.09. The van der Waals surface area contributed by atoms with Crippen LogP contribution >= 0.6 is 23.4 Å². The lowest BCUT2D eigenvalue weighted by Crippen LogP contribution is -2.46. The second kappa shape index (κ2) is 9.53. The predicted octanol–water partition coefficient (Wildman–Crippen LogP) is 6.13. The molecule has 1 N–H and O–H groups in total. The average Bonchev–Trinajstić information content (AvgIpc) is 2.74. The number of fused-ring (bicyclic) bond motifs is 2.